The van der Waals surface area contributed by atoms with Crippen LogP contribution in [0.4, 0.5) is 11.4 Å². The van der Waals surface area contributed by atoms with Gasteiger partial charge in [0, 0.05) is 37.1 Å². The number of non-ortho nitro benzene ring substituents is 1. The predicted molar refractivity (Wildman–Crippen MR) is 80.2 cm³/mol. The van der Waals surface area contributed by atoms with Crippen LogP contribution in [-0.4, -0.2) is 20.5 Å². The van der Waals surface area contributed by atoms with Crippen LogP contribution in [0, 0.1) is 27.4 Å². The Balaban J connectivity index is 1.59. The number of rotatable bonds is 5. The molecule has 7 nitrogen and oxygen atoms in total. The fraction of sp³-hybridized carbons (Fsp3) is 0.333. The molecule has 7 heteroatoms. The molecule has 0 saturated heterocycles. The Labute approximate surface area is 127 Å². The van der Waals surface area contributed by atoms with E-state index in [1.165, 1.54) is 12.1 Å². The highest BCUT2D eigenvalue weighted by Crippen LogP contribution is 2.33. The largest absolute Gasteiger partial charge is 0.381 e. The number of imidazole rings is 1. The lowest BCUT2D eigenvalue weighted by Gasteiger charge is -2.36. The molecule has 1 heterocycles. The Morgan fingerprint density at radius 2 is 2.32 bits per heavy atom. The van der Waals surface area contributed by atoms with Crippen molar-refractivity contribution < 1.29 is 4.92 Å². The lowest BCUT2D eigenvalue weighted by atomic mass is 9.80. The first-order chi connectivity index (χ1) is 10.7. The normalized spacial score (nSPS) is 20.0. The van der Waals surface area contributed by atoms with Gasteiger partial charge in [-0.25, -0.2) is 4.98 Å². The molecule has 0 atom stereocenters. The van der Waals surface area contributed by atoms with Crippen molar-refractivity contribution in [2.75, 3.05) is 5.32 Å². The maximum atomic E-state index is 10.7. The maximum absolute atomic E-state index is 10.7. The number of nitro benzene ring substituents is 1. The summed E-state index contributed by atoms with van der Waals surface area (Å²) in [7, 11) is 0. The third-order valence-corrected chi connectivity index (χ3v) is 3.96. The molecule has 1 saturated carbocycles. The minimum Gasteiger partial charge on any atom is -0.381 e. The molecule has 1 aromatic heterocycles. The molecule has 0 bridgehead atoms. The standard InChI is InChI=1S/C15H15N5O2/c16-8-12-7-14(20(21)22)1-2-15(12)18-13-5-11(6-13)9-19-4-3-17-10-19/h1-4,7,10-11,13,18H,5-6,9H2. The van der Waals surface area contributed by atoms with Gasteiger partial charge in [0.2, 0.25) is 0 Å². The fourth-order valence-electron chi connectivity index (χ4n) is 2.78. The van der Waals surface area contributed by atoms with Crippen molar-refractivity contribution in [3.05, 3.63) is 52.6 Å². The van der Waals surface area contributed by atoms with E-state index in [0.29, 0.717) is 23.2 Å². The van der Waals surface area contributed by atoms with Crippen LogP contribution < -0.4 is 5.32 Å². The van der Waals surface area contributed by atoms with Crippen LogP contribution in [0.5, 0.6) is 0 Å². The minimum absolute atomic E-state index is 0.0614. The van der Waals surface area contributed by atoms with Gasteiger partial charge in [-0.2, -0.15) is 5.26 Å². The summed E-state index contributed by atoms with van der Waals surface area (Å²) < 4.78 is 2.06. The first kappa shape index (κ1) is 14.1. The van der Waals surface area contributed by atoms with Crippen molar-refractivity contribution in [2.24, 2.45) is 5.92 Å². The molecule has 1 aliphatic rings. The van der Waals surface area contributed by atoms with E-state index in [2.05, 4.69) is 14.9 Å². The summed E-state index contributed by atoms with van der Waals surface area (Å²) in [5.41, 5.74) is 0.917. The summed E-state index contributed by atoms with van der Waals surface area (Å²) in [5.74, 6) is 0.593. The summed E-state index contributed by atoms with van der Waals surface area (Å²) in [6, 6.07) is 6.66. The summed E-state index contributed by atoms with van der Waals surface area (Å²) in [6.45, 7) is 0.948. The van der Waals surface area contributed by atoms with Gasteiger partial charge in [0.05, 0.1) is 22.5 Å². The van der Waals surface area contributed by atoms with Crippen LogP contribution >= 0.6 is 0 Å². The molecule has 1 aromatic carbocycles. The second kappa shape index (κ2) is 5.85. The van der Waals surface area contributed by atoms with Gasteiger partial charge in [-0.15, -0.1) is 0 Å². The molecule has 0 radical (unpaired) electrons. The zero-order chi connectivity index (χ0) is 15.5. The van der Waals surface area contributed by atoms with E-state index in [0.717, 1.165) is 19.4 Å². The third kappa shape index (κ3) is 2.91. The van der Waals surface area contributed by atoms with Crippen molar-refractivity contribution in [1.29, 1.82) is 5.26 Å². The molecule has 0 amide bonds. The van der Waals surface area contributed by atoms with Gasteiger partial charge in [-0.3, -0.25) is 10.1 Å². The number of benzene rings is 1. The summed E-state index contributed by atoms with van der Waals surface area (Å²) in [6.07, 6.45) is 7.56. The molecular weight excluding hydrogens is 282 g/mol. The van der Waals surface area contributed by atoms with E-state index in [9.17, 15) is 10.1 Å². The van der Waals surface area contributed by atoms with Crippen LogP contribution in [-0.2, 0) is 6.54 Å². The second-order valence-corrected chi connectivity index (χ2v) is 5.54. The molecule has 1 N–H and O–H groups in total. The molecule has 2 aromatic rings. The summed E-state index contributed by atoms with van der Waals surface area (Å²) in [5, 5.41) is 23.2. The number of hydrogen-bond acceptors (Lipinski definition) is 5. The Morgan fingerprint density at radius 3 is 2.95 bits per heavy atom. The maximum Gasteiger partial charge on any atom is 0.270 e. The van der Waals surface area contributed by atoms with Gasteiger partial charge in [-0.1, -0.05) is 0 Å². The van der Waals surface area contributed by atoms with Crippen LogP contribution in [0.2, 0.25) is 0 Å². The predicted octanol–water partition coefficient (Wildman–Crippen LogP) is 2.55. The van der Waals surface area contributed by atoms with Gasteiger partial charge in [0.1, 0.15) is 6.07 Å². The highest BCUT2D eigenvalue weighted by Gasteiger charge is 2.29. The minimum atomic E-state index is -0.491. The van der Waals surface area contributed by atoms with Crippen molar-refractivity contribution in [3.8, 4) is 6.07 Å². The van der Waals surface area contributed by atoms with Gasteiger partial charge >= 0.3 is 0 Å². The molecule has 0 spiro atoms. The lowest BCUT2D eigenvalue weighted by molar-refractivity contribution is -0.384. The van der Waals surface area contributed by atoms with Gasteiger partial charge < -0.3 is 9.88 Å². The quantitative estimate of drug-likeness (QED) is 0.675. The van der Waals surface area contributed by atoms with E-state index in [-0.39, 0.29) is 5.69 Å². The van der Waals surface area contributed by atoms with Crippen molar-refractivity contribution in [3.63, 3.8) is 0 Å². The Bertz CT molecular complexity index is 714. The fourth-order valence-corrected chi connectivity index (χ4v) is 2.78. The smallest absolute Gasteiger partial charge is 0.270 e. The van der Waals surface area contributed by atoms with Crippen LogP contribution in [0.1, 0.15) is 18.4 Å². The van der Waals surface area contributed by atoms with Gasteiger partial charge in [0.25, 0.3) is 5.69 Å². The van der Waals surface area contributed by atoms with E-state index >= 15 is 0 Å². The van der Waals surface area contributed by atoms with E-state index in [1.807, 2.05) is 18.6 Å². The van der Waals surface area contributed by atoms with Crippen LogP contribution in [0.25, 0.3) is 0 Å². The van der Waals surface area contributed by atoms with Gasteiger partial charge in [-0.05, 0) is 24.8 Å². The molecule has 0 unspecified atom stereocenters. The Hall–Kier alpha value is -2.88. The van der Waals surface area contributed by atoms with Crippen LogP contribution in [0.15, 0.2) is 36.9 Å². The first-order valence-electron chi connectivity index (χ1n) is 7.06. The number of hydrogen-bond donors (Lipinski definition) is 1. The summed E-state index contributed by atoms with van der Waals surface area (Å²) in [4.78, 5) is 14.3. The molecule has 112 valence electrons. The number of nitrogens with one attached hydrogen (secondary N) is 1. The molecule has 1 aliphatic carbocycles. The van der Waals surface area contributed by atoms with Crippen molar-refractivity contribution >= 4 is 11.4 Å². The highest BCUT2D eigenvalue weighted by atomic mass is 16.6. The average Bonchev–Trinajstić information content (AvgIpc) is 2.98. The molecule has 1 fully saturated rings. The SMILES string of the molecule is N#Cc1cc([N+](=O)[O-])ccc1NC1CC(Cn2ccnc2)C1. The van der Waals surface area contributed by atoms with Crippen molar-refractivity contribution in [1.82, 2.24) is 9.55 Å². The monoisotopic (exact) mass is 297 g/mol. The van der Waals surface area contributed by atoms with Crippen molar-refractivity contribution in [2.45, 2.75) is 25.4 Å². The molecular formula is C15H15N5O2. The number of nitrogens with zero attached hydrogens (tertiary/aromatic N) is 4. The number of nitro groups is 1. The molecule has 3 rings (SSSR count). The second-order valence-electron chi connectivity index (χ2n) is 5.54. The third-order valence-electron chi connectivity index (χ3n) is 3.96. The number of nitriles is 1. The highest BCUT2D eigenvalue weighted by molar-refractivity contribution is 5.61. The van der Waals surface area contributed by atoms with Crippen LogP contribution in [0.3, 0.4) is 0 Å². The molecule has 0 aliphatic heterocycles. The zero-order valence-corrected chi connectivity index (χ0v) is 11.8. The number of aromatic nitrogens is 2. The Kier molecular flexibility index (Phi) is 3.74. The first-order valence-corrected chi connectivity index (χ1v) is 7.06. The average molecular weight is 297 g/mol. The van der Waals surface area contributed by atoms with E-state index in [1.54, 1.807) is 12.3 Å². The zero-order valence-electron chi connectivity index (χ0n) is 11.8. The Morgan fingerprint density at radius 1 is 1.50 bits per heavy atom. The number of anilines is 1. The van der Waals surface area contributed by atoms with E-state index in [4.69, 9.17) is 5.26 Å². The topological polar surface area (TPSA) is 96.8 Å². The van der Waals surface area contributed by atoms with E-state index < -0.39 is 4.92 Å². The molecule has 22 heavy (non-hydrogen) atoms. The van der Waals surface area contributed by atoms with Gasteiger partial charge in [0.15, 0.2) is 0 Å². The lowest BCUT2D eigenvalue weighted by Crippen LogP contribution is -2.37. The summed E-state index contributed by atoms with van der Waals surface area (Å²) >= 11 is 0.